The van der Waals surface area contributed by atoms with Gasteiger partial charge in [-0.3, -0.25) is 4.79 Å². The van der Waals surface area contributed by atoms with Gasteiger partial charge in [0.15, 0.2) is 5.75 Å². The molecule has 0 N–H and O–H groups in total. The zero-order valence-corrected chi connectivity index (χ0v) is 16.4. The van der Waals surface area contributed by atoms with Gasteiger partial charge in [0.05, 0.1) is 17.7 Å². The van der Waals surface area contributed by atoms with E-state index >= 15 is 0 Å². The maximum absolute atomic E-state index is 13.3. The van der Waals surface area contributed by atoms with Gasteiger partial charge in [0.25, 0.3) is 5.91 Å². The van der Waals surface area contributed by atoms with Gasteiger partial charge >= 0.3 is 0 Å². The molecule has 0 fully saturated rings. The van der Waals surface area contributed by atoms with Gasteiger partial charge in [-0.15, -0.1) is 0 Å². The molecule has 5 heteroatoms. The van der Waals surface area contributed by atoms with E-state index in [-0.39, 0.29) is 5.91 Å². The first-order valence-electron chi connectivity index (χ1n) is 9.48. The molecule has 2 aromatic carbocycles. The Hall–Kier alpha value is -2.82. The molecule has 5 nitrogen and oxygen atoms in total. The Morgan fingerprint density at radius 3 is 2.67 bits per heavy atom. The first-order chi connectivity index (χ1) is 13.0. The second-order valence-corrected chi connectivity index (χ2v) is 7.21. The topological polar surface area (TPSA) is 47.4 Å². The van der Waals surface area contributed by atoms with E-state index in [1.54, 1.807) is 19.0 Å². The third-order valence-electron chi connectivity index (χ3n) is 5.28. The molecule has 1 aliphatic heterocycles. The Bertz CT molecular complexity index is 1020. The fraction of sp³-hybridized carbons (Fsp3) is 0.364. The monoisotopic (exact) mass is 363 g/mol. The third kappa shape index (κ3) is 2.69. The molecule has 0 saturated heterocycles. The molecular formula is C22H25N3O2. The molecule has 2 heterocycles. The summed E-state index contributed by atoms with van der Waals surface area (Å²) >= 11 is 0. The van der Waals surface area contributed by atoms with Crippen molar-refractivity contribution in [2.24, 2.45) is 7.05 Å². The molecule has 0 bridgehead atoms. The molecule has 3 aromatic rings. The molecule has 1 aliphatic rings. The molecule has 1 aromatic heterocycles. The van der Waals surface area contributed by atoms with Gasteiger partial charge in [-0.25, -0.2) is 4.98 Å². The lowest BCUT2D eigenvalue weighted by Crippen LogP contribution is -2.25. The van der Waals surface area contributed by atoms with E-state index in [0.717, 1.165) is 64.1 Å². The molecule has 0 unspecified atom stereocenters. The number of amides is 1. The van der Waals surface area contributed by atoms with Gasteiger partial charge in [-0.1, -0.05) is 37.3 Å². The summed E-state index contributed by atoms with van der Waals surface area (Å²) in [5, 5.41) is 0. The second-order valence-electron chi connectivity index (χ2n) is 7.21. The summed E-state index contributed by atoms with van der Waals surface area (Å²) in [4.78, 5) is 19.8. The van der Waals surface area contributed by atoms with E-state index in [2.05, 4.69) is 23.6 Å². The van der Waals surface area contributed by atoms with Crippen molar-refractivity contribution in [1.82, 2.24) is 14.5 Å². The predicted octanol–water partition coefficient (Wildman–Crippen LogP) is 3.83. The van der Waals surface area contributed by atoms with E-state index in [1.807, 2.05) is 25.2 Å². The van der Waals surface area contributed by atoms with Crippen molar-refractivity contribution < 1.29 is 9.53 Å². The molecule has 140 valence electrons. The Kier molecular flexibility index (Phi) is 4.38. The summed E-state index contributed by atoms with van der Waals surface area (Å²) in [6.07, 6.45) is 2.57. The van der Waals surface area contributed by atoms with Crippen LogP contribution >= 0.6 is 0 Å². The zero-order valence-electron chi connectivity index (χ0n) is 16.4. The maximum Gasteiger partial charge on any atom is 0.254 e. The lowest BCUT2D eigenvalue weighted by atomic mass is 9.89. The highest BCUT2D eigenvalue weighted by Crippen LogP contribution is 2.43. The Balaban J connectivity index is 2.21. The number of carbonyl (C=O) groups excluding carboxylic acids is 1. The van der Waals surface area contributed by atoms with Crippen molar-refractivity contribution in [3.05, 3.63) is 47.3 Å². The number of imidazole rings is 1. The SMILES string of the molecule is CCc1nc2c3c(c(C(=O)N(C)C)c(-c4ccccc4)c2n1C)CCCO3. The summed E-state index contributed by atoms with van der Waals surface area (Å²) < 4.78 is 8.18. The normalized spacial score (nSPS) is 13.3. The van der Waals surface area contributed by atoms with Crippen molar-refractivity contribution in [3.8, 4) is 16.9 Å². The highest BCUT2D eigenvalue weighted by molar-refractivity contribution is 6.11. The van der Waals surface area contributed by atoms with Gasteiger partial charge in [0.2, 0.25) is 0 Å². The fourth-order valence-corrected chi connectivity index (χ4v) is 3.99. The number of rotatable bonds is 3. The van der Waals surface area contributed by atoms with E-state index in [0.29, 0.717) is 6.61 Å². The van der Waals surface area contributed by atoms with Gasteiger partial charge < -0.3 is 14.2 Å². The highest BCUT2D eigenvalue weighted by atomic mass is 16.5. The average molecular weight is 363 g/mol. The minimum absolute atomic E-state index is 0.0109. The molecule has 1 amide bonds. The van der Waals surface area contributed by atoms with Crippen LogP contribution in [0.1, 0.15) is 35.1 Å². The number of aromatic nitrogens is 2. The Morgan fingerprint density at radius 1 is 1.26 bits per heavy atom. The molecule has 0 aliphatic carbocycles. The van der Waals surface area contributed by atoms with Crippen LogP contribution in [0, 0.1) is 0 Å². The predicted molar refractivity (Wildman–Crippen MR) is 107 cm³/mol. The van der Waals surface area contributed by atoms with E-state index in [1.165, 1.54) is 0 Å². The number of fused-ring (bicyclic) bond motifs is 3. The maximum atomic E-state index is 13.3. The minimum atomic E-state index is 0.0109. The van der Waals surface area contributed by atoms with Gasteiger partial charge in [0, 0.05) is 38.7 Å². The van der Waals surface area contributed by atoms with Crippen LogP contribution in [0.3, 0.4) is 0 Å². The van der Waals surface area contributed by atoms with Crippen LogP contribution in [0.5, 0.6) is 5.75 Å². The van der Waals surface area contributed by atoms with Gasteiger partial charge in [0.1, 0.15) is 11.3 Å². The van der Waals surface area contributed by atoms with Crippen LogP contribution in [-0.4, -0.2) is 41.1 Å². The summed E-state index contributed by atoms with van der Waals surface area (Å²) in [6, 6.07) is 10.2. The number of hydrogen-bond acceptors (Lipinski definition) is 3. The molecule has 0 saturated carbocycles. The average Bonchev–Trinajstić information content (AvgIpc) is 3.03. The van der Waals surface area contributed by atoms with Crippen LogP contribution in [0.15, 0.2) is 30.3 Å². The van der Waals surface area contributed by atoms with E-state index in [9.17, 15) is 4.79 Å². The summed E-state index contributed by atoms with van der Waals surface area (Å²) in [7, 11) is 5.63. The minimum Gasteiger partial charge on any atom is -0.491 e. The van der Waals surface area contributed by atoms with E-state index < -0.39 is 0 Å². The summed E-state index contributed by atoms with van der Waals surface area (Å²) in [5.41, 5.74) is 5.59. The first-order valence-corrected chi connectivity index (χ1v) is 9.48. The summed E-state index contributed by atoms with van der Waals surface area (Å²) in [6.45, 7) is 2.77. The van der Waals surface area contributed by atoms with Crippen LogP contribution in [-0.2, 0) is 19.9 Å². The smallest absolute Gasteiger partial charge is 0.254 e. The molecule has 0 atom stereocenters. The standard InChI is InChI=1S/C22H25N3O2/c1-5-16-23-19-20(25(16)4)17(14-10-7-6-8-11-14)18(22(26)24(2)3)15-12-9-13-27-21(15)19/h6-8,10-11H,5,9,12-13H2,1-4H3. The van der Waals surface area contributed by atoms with Crippen molar-refractivity contribution in [2.45, 2.75) is 26.2 Å². The van der Waals surface area contributed by atoms with Gasteiger partial charge in [-0.2, -0.15) is 0 Å². The Labute approximate surface area is 159 Å². The van der Waals surface area contributed by atoms with Crippen LogP contribution in [0.25, 0.3) is 22.2 Å². The molecule has 4 rings (SSSR count). The highest BCUT2D eigenvalue weighted by Gasteiger charge is 2.31. The molecule has 27 heavy (non-hydrogen) atoms. The fourth-order valence-electron chi connectivity index (χ4n) is 3.99. The second kappa shape index (κ2) is 6.72. The largest absolute Gasteiger partial charge is 0.491 e. The quantitative estimate of drug-likeness (QED) is 0.710. The first kappa shape index (κ1) is 17.6. The molecular weight excluding hydrogens is 338 g/mol. The zero-order chi connectivity index (χ0) is 19.1. The molecule has 0 radical (unpaired) electrons. The van der Waals surface area contributed by atoms with Crippen molar-refractivity contribution in [3.63, 3.8) is 0 Å². The number of hydrogen-bond donors (Lipinski definition) is 0. The lowest BCUT2D eigenvalue weighted by Gasteiger charge is -2.25. The number of benzene rings is 2. The van der Waals surface area contributed by atoms with E-state index in [4.69, 9.17) is 9.72 Å². The van der Waals surface area contributed by atoms with Crippen LogP contribution in [0.4, 0.5) is 0 Å². The van der Waals surface area contributed by atoms with Crippen molar-refractivity contribution >= 4 is 16.9 Å². The van der Waals surface area contributed by atoms with Crippen molar-refractivity contribution in [1.29, 1.82) is 0 Å². The number of nitrogens with zero attached hydrogens (tertiary/aromatic N) is 3. The number of aryl methyl sites for hydroxylation is 2. The lowest BCUT2D eigenvalue weighted by molar-refractivity contribution is 0.0826. The molecule has 0 spiro atoms. The van der Waals surface area contributed by atoms with Gasteiger partial charge in [-0.05, 0) is 18.4 Å². The number of ether oxygens (including phenoxy) is 1. The van der Waals surface area contributed by atoms with Crippen molar-refractivity contribution in [2.75, 3.05) is 20.7 Å². The third-order valence-corrected chi connectivity index (χ3v) is 5.28. The summed E-state index contributed by atoms with van der Waals surface area (Å²) in [5.74, 6) is 1.79. The van der Waals surface area contributed by atoms with Crippen LogP contribution < -0.4 is 4.74 Å². The number of carbonyl (C=O) groups is 1. The van der Waals surface area contributed by atoms with Crippen LogP contribution in [0.2, 0.25) is 0 Å². The Morgan fingerprint density at radius 2 is 2.00 bits per heavy atom.